The van der Waals surface area contributed by atoms with Crippen LogP contribution in [0.5, 0.6) is 5.75 Å². The Morgan fingerprint density at radius 1 is 1.30 bits per heavy atom. The van der Waals surface area contributed by atoms with Gasteiger partial charge in [-0.3, -0.25) is 4.79 Å². The average molecular weight is 444 g/mol. The van der Waals surface area contributed by atoms with Crippen LogP contribution in [-0.4, -0.2) is 32.3 Å². The highest BCUT2D eigenvalue weighted by molar-refractivity contribution is 5.91. The van der Waals surface area contributed by atoms with Crippen molar-refractivity contribution in [1.29, 1.82) is 0 Å². The number of aryl methyl sites for hydroxylation is 2. The number of aromatic nitrogens is 3. The summed E-state index contributed by atoms with van der Waals surface area (Å²) < 4.78 is 17.0. The summed E-state index contributed by atoms with van der Waals surface area (Å²) in [5.41, 5.74) is 3.88. The highest BCUT2D eigenvalue weighted by Crippen LogP contribution is 2.34. The number of nitrogens with zero attached hydrogens (tertiary/aromatic N) is 3. The number of amides is 1. The molecule has 4 aromatic rings. The van der Waals surface area contributed by atoms with Crippen LogP contribution in [0, 0.1) is 13.8 Å². The first kappa shape index (κ1) is 20.8. The fourth-order valence-electron chi connectivity index (χ4n) is 3.99. The maximum absolute atomic E-state index is 12.7. The zero-order valence-electron chi connectivity index (χ0n) is 18.5. The Balaban J connectivity index is 1.40. The molecule has 0 fully saturated rings. The van der Waals surface area contributed by atoms with Crippen LogP contribution in [0.3, 0.4) is 0 Å². The SMILES string of the molecule is Cc1nc(COc2cc3c(cc2-c2ncc[nH]2)CCN(C(=O)/C=C/c2ccco2)C3)c(C)o1. The lowest BCUT2D eigenvalue weighted by Crippen LogP contribution is -2.34. The molecule has 168 valence electrons. The Bertz CT molecular complexity index is 1290. The van der Waals surface area contributed by atoms with Gasteiger partial charge in [0.25, 0.3) is 0 Å². The van der Waals surface area contributed by atoms with Gasteiger partial charge in [0.2, 0.25) is 5.91 Å². The fraction of sp³-hybridized carbons (Fsp3) is 0.240. The number of H-pyrrole nitrogens is 1. The van der Waals surface area contributed by atoms with Crippen molar-refractivity contribution < 1.29 is 18.4 Å². The third-order valence-electron chi connectivity index (χ3n) is 5.68. The van der Waals surface area contributed by atoms with Gasteiger partial charge in [-0.1, -0.05) is 0 Å². The van der Waals surface area contributed by atoms with Crippen LogP contribution in [0.15, 0.2) is 57.8 Å². The lowest BCUT2D eigenvalue weighted by atomic mass is 9.96. The van der Waals surface area contributed by atoms with Gasteiger partial charge < -0.3 is 23.5 Å². The number of nitrogens with one attached hydrogen (secondary N) is 1. The number of benzene rings is 1. The maximum Gasteiger partial charge on any atom is 0.246 e. The second-order valence-electron chi connectivity index (χ2n) is 7.94. The molecule has 0 saturated heterocycles. The molecule has 0 aliphatic carbocycles. The molecular weight excluding hydrogens is 420 g/mol. The zero-order chi connectivity index (χ0) is 22.8. The minimum absolute atomic E-state index is 0.0525. The van der Waals surface area contributed by atoms with Gasteiger partial charge in [0.1, 0.15) is 35.4 Å². The van der Waals surface area contributed by atoms with E-state index in [4.69, 9.17) is 13.6 Å². The van der Waals surface area contributed by atoms with Crippen LogP contribution in [0.1, 0.15) is 34.2 Å². The summed E-state index contributed by atoms with van der Waals surface area (Å²) in [5.74, 6) is 3.37. The fourth-order valence-corrected chi connectivity index (χ4v) is 3.99. The lowest BCUT2D eigenvalue weighted by molar-refractivity contribution is -0.126. The van der Waals surface area contributed by atoms with Gasteiger partial charge >= 0.3 is 0 Å². The summed E-state index contributed by atoms with van der Waals surface area (Å²) in [7, 11) is 0. The molecule has 8 nitrogen and oxygen atoms in total. The minimum Gasteiger partial charge on any atom is -0.486 e. The molecule has 0 unspecified atom stereocenters. The first-order chi connectivity index (χ1) is 16.1. The van der Waals surface area contributed by atoms with Crippen LogP contribution in [-0.2, 0) is 24.4 Å². The molecule has 8 heteroatoms. The Morgan fingerprint density at radius 3 is 2.94 bits per heavy atom. The molecule has 0 bridgehead atoms. The Labute approximate surface area is 190 Å². The Kier molecular flexibility index (Phi) is 5.56. The molecule has 0 saturated carbocycles. The number of carbonyl (C=O) groups is 1. The average Bonchev–Trinajstić information content (AvgIpc) is 3.58. The smallest absolute Gasteiger partial charge is 0.246 e. The number of hydrogen-bond donors (Lipinski definition) is 1. The summed E-state index contributed by atoms with van der Waals surface area (Å²) in [5, 5.41) is 0. The predicted octanol–water partition coefficient (Wildman–Crippen LogP) is 4.45. The van der Waals surface area contributed by atoms with E-state index in [0.29, 0.717) is 30.5 Å². The van der Waals surface area contributed by atoms with Crippen LogP contribution >= 0.6 is 0 Å². The van der Waals surface area contributed by atoms with Crippen LogP contribution in [0.25, 0.3) is 17.5 Å². The number of fused-ring (bicyclic) bond motifs is 1. The molecule has 0 radical (unpaired) electrons. The molecule has 1 N–H and O–H groups in total. The van der Waals surface area contributed by atoms with E-state index in [-0.39, 0.29) is 12.5 Å². The monoisotopic (exact) mass is 444 g/mol. The van der Waals surface area contributed by atoms with Crippen LogP contribution < -0.4 is 4.74 Å². The minimum atomic E-state index is -0.0525. The second-order valence-corrected chi connectivity index (χ2v) is 7.94. The number of ether oxygens (including phenoxy) is 1. The van der Waals surface area contributed by atoms with E-state index >= 15 is 0 Å². The van der Waals surface area contributed by atoms with Crippen LogP contribution in [0.2, 0.25) is 0 Å². The van der Waals surface area contributed by atoms with Gasteiger partial charge in [0.05, 0.1) is 11.8 Å². The zero-order valence-corrected chi connectivity index (χ0v) is 18.5. The molecule has 0 spiro atoms. The van der Waals surface area contributed by atoms with Crippen molar-refractivity contribution in [3.63, 3.8) is 0 Å². The third kappa shape index (κ3) is 4.45. The van der Waals surface area contributed by atoms with Gasteiger partial charge in [-0.05, 0) is 54.8 Å². The molecule has 3 aromatic heterocycles. The predicted molar refractivity (Wildman–Crippen MR) is 121 cm³/mol. The third-order valence-corrected chi connectivity index (χ3v) is 5.68. The van der Waals surface area contributed by atoms with Gasteiger partial charge in [0.15, 0.2) is 5.89 Å². The second kappa shape index (κ2) is 8.82. The number of imidazole rings is 1. The summed E-state index contributed by atoms with van der Waals surface area (Å²) in [6.45, 7) is 5.12. The molecule has 1 aliphatic rings. The molecular formula is C25H24N4O4. The van der Waals surface area contributed by atoms with E-state index in [2.05, 4.69) is 21.0 Å². The van der Waals surface area contributed by atoms with Gasteiger partial charge in [0, 0.05) is 38.5 Å². The van der Waals surface area contributed by atoms with E-state index < -0.39 is 0 Å². The summed E-state index contributed by atoms with van der Waals surface area (Å²) in [6, 6.07) is 7.71. The quantitative estimate of drug-likeness (QED) is 0.441. The van der Waals surface area contributed by atoms with Crippen molar-refractivity contribution in [2.75, 3.05) is 6.54 Å². The normalized spacial score (nSPS) is 13.5. The largest absolute Gasteiger partial charge is 0.486 e. The van der Waals surface area contributed by atoms with Crippen molar-refractivity contribution >= 4 is 12.0 Å². The van der Waals surface area contributed by atoms with Crippen molar-refractivity contribution in [2.45, 2.75) is 33.4 Å². The topological polar surface area (TPSA) is 97.4 Å². The Hall–Kier alpha value is -4.07. The first-order valence-electron chi connectivity index (χ1n) is 10.8. The number of furan rings is 1. The van der Waals surface area contributed by atoms with Gasteiger partial charge in [-0.15, -0.1) is 0 Å². The molecule has 5 rings (SSSR count). The van der Waals surface area contributed by atoms with Crippen LogP contribution in [0.4, 0.5) is 0 Å². The van der Waals surface area contributed by atoms with E-state index in [1.165, 1.54) is 5.56 Å². The van der Waals surface area contributed by atoms with Crippen molar-refractivity contribution in [2.24, 2.45) is 0 Å². The summed E-state index contributed by atoms with van der Waals surface area (Å²) in [4.78, 5) is 26.5. The summed E-state index contributed by atoms with van der Waals surface area (Å²) in [6.07, 6.45) is 9.08. The number of carbonyl (C=O) groups excluding carboxylic acids is 1. The molecule has 1 amide bonds. The van der Waals surface area contributed by atoms with Gasteiger partial charge in [-0.2, -0.15) is 0 Å². The first-order valence-corrected chi connectivity index (χ1v) is 10.8. The molecule has 1 aliphatic heterocycles. The number of hydrogen-bond acceptors (Lipinski definition) is 6. The van der Waals surface area contributed by atoms with Crippen molar-refractivity contribution in [1.82, 2.24) is 19.9 Å². The lowest BCUT2D eigenvalue weighted by Gasteiger charge is -2.29. The van der Waals surface area contributed by atoms with Crippen molar-refractivity contribution in [3.8, 4) is 17.1 Å². The number of aromatic amines is 1. The van der Waals surface area contributed by atoms with E-state index in [1.54, 1.807) is 36.9 Å². The summed E-state index contributed by atoms with van der Waals surface area (Å²) >= 11 is 0. The van der Waals surface area contributed by atoms with Gasteiger partial charge in [-0.25, -0.2) is 9.97 Å². The number of rotatable bonds is 6. The van der Waals surface area contributed by atoms with E-state index in [1.807, 2.05) is 30.9 Å². The molecule has 33 heavy (non-hydrogen) atoms. The van der Waals surface area contributed by atoms with E-state index in [9.17, 15) is 4.79 Å². The highest BCUT2D eigenvalue weighted by atomic mass is 16.5. The molecule has 1 aromatic carbocycles. The number of oxazole rings is 1. The molecule has 4 heterocycles. The maximum atomic E-state index is 12.7. The molecule has 0 atom stereocenters. The van der Waals surface area contributed by atoms with E-state index in [0.717, 1.165) is 34.8 Å². The Morgan fingerprint density at radius 2 is 2.21 bits per heavy atom. The highest BCUT2D eigenvalue weighted by Gasteiger charge is 2.23. The standard InChI is InChI=1S/C25H24N4O4/c1-16-22(28-17(2)33-16)15-32-23-13-19-14-29(24(30)6-5-20-4-3-11-31-20)10-7-18(19)12-21(23)25-26-8-9-27-25/h3-6,8-9,11-13H,7,10,14-15H2,1-2H3,(H,26,27)/b6-5+. The van der Waals surface area contributed by atoms with Crippen molar-refractivity contribution in [3.05, 3.63) is 83.2 Å².